The zero-order chi connectivity index (χ0) is 24.9. The number of nitrogens with one attached hydrogen (secondary N) is 1. The molecule has 2 aliphatic heterocycles. The van der Waals surface area contributed by atoms with Crippen LogP contribution in [-0.4, -0.2) is 65.6 Å². The van der Waals surface area contributed by atoms with E-state index in [2.05, 4.69) is 10.3 Å². The third kappa shape index (κ3) is 5.62. The lowest BCUT2D eigenvalue weighted by molar-refractivity contribution is -0.140. The number of aryl methyl sites for hydroxylation is 1. The first kappa shape index (κ1) is 24.3. The quantitative estimate of drug-likeness (QED) is 0.481. The Balaban J connectivity index is 1.59. The molecule has 1 aromatic heterocycles. The van der Waals surface area contributed by atoms with Crippen LogP contribution in [0.5, 0.6) is 0 Å². The summed E-state index contributed by atoms with van der Waals surface area (Å²) in [6.45, 7) is 3.78. The third-order valence-electron chi connectivity index (χ3n) is 6.43. The number of nitrogens with two attached hydrogens (primary N) is 1. The molecule has 2 aliphatic rings. The van der Waals surface area contributed by atoms with Gasteiger partial charge in [-0.1, -0.05) is 0 Å². The number of likely N-dealkylation sites (tertiary alicyclic amines) is 2. The lowest BCUT2D eigenvalue weighted by Gasteiger charge is -2.25. The van der Waals surface area contributed by atoms with Crippen molar-refractivity contribution >= 4 is 40.2 Å². The molecular weight excluding hydrogens is 448 g/mol. The van der Waals surface area contributed by atoms with Crippen molar-refractivity contribution in [3.8, 4) is 6.07 Å². The summed E-state index contributed by atoms with van der Waals surface area (Å²) >= 11 is 0. The van der Waals surface area contributed by atoms with Crippen LogP contribution in [0.1, 0.15) is 37.9 Å². The van der Waals surface area contributed by atoms with E-state index in [0.717, 1.165) is 49.9 Å². The molecule has 2 aromatic rings. The lowest BCUT2D eigenvalue weighted by Crippen LogP contribution is -2.45. The number of primary amides is 1. The van der Waals surface area contributed by atoms with E-state index in [9.17, 15) is 19.6 Å². The maximum Gasteiger partial charge on any atom is 0.247 e. The molecule has 3 N–H and O–H groups in total. The highest BCUT2D eigenvalue weighted by atomic mass is 16.3. The number of rotatable bonds is 6. The number of benzene rings is 1. The molecular formula is C25H30N6O4. The van der Waals surface area contributed by atoms with Crippen molar-refractivity contribution in [3.63, 3.8) is 0 Å². The van der Waals surface area contributed by atoms with Crippen LogP contribution in [-0.2, 0) is 14.4 Å². The minimum absolute atomic E-state index is 0.0155. The minimum atomic E-state index is -1.35. The first-order valence-corrected chi connectivity index (χ1v) is 12.0. The first-order valence-electron chi connectivity index (χ1n) is 12.0. The van der Waals surface area contributed by atoms with Gasteiger partial charge in [-0.2, -0.15) is 5.26 Å². The molecule has 3 amide bonds. The van der Waals surface area contributed by atoms with Crippen molar-refractivity contribution in [2.75, 3.05) is 31.5 Å². The fourth-order valence-electron chi connectivity index (χ4n) is 4.60. The largest absolute Gasteiger partial charge is 0.461 e. The van der Waals surface area contributed by atoms with Gasteiger partial charge in [-0.25, -0.2) is 0 Å². The van der Waals surface area contributed by atoms with Crippen LogP contribution in [0.25, 0.3) is 11.0 Å². The van der Waals surface area contributed by atoms with E-state index in [1.807, 2.05) is 25.1 Å². The third-order valence-corrected chi connectivity index (χ3v) is 6.43. The predicted molar refractivity (Wildman–Crippen MR) is 130 cm³/mol. The van der Waals surface area contributed by atoms with E-state index in [1.165, 1.54) is 0 Å². The summed E-state index contributed by atoms with van der Waals surface area (Å²) in [5.74, 6) is -1.78. The van der Waals surface area contributed by atoms with Crippen LogP contribution < -0.4 is 11.1 Å². The number of nitrogens with zero attached hydrogens (tertiary/aromatic N) is 4. The second kappa shape index (κ2) is 10.6. The molecule has 2 fully saturated rings. The summed E-state index contributed by atoms with van der Waals surface area (Å²) in [5, 5.41) is 13.5. The van der Waals surface area contributed by atoms with Gasteiger partial charge in [-0.05, 0) is 63.3 Å². The molecule has 2 atom stereocenters. The minimum Gasteiger partial charge on any atom is -0.461 e. The number of anilines is 1. The van der Waals surface area contributed by atoms with Gasteiger partial charge < -0.3 is 25.3 Å². The van der Waals surface area contributed by atoms with E-state index >= 15 is 0 Å². The average molecular weight is 479 g/mol. The number of carbonyl (C=O) groups is 3. The zero-order valence-corrected chi connectivity index (χ0v) is 19.8. The van der Waals surface area contributed by atoms with Gasteiger partial charge in [0.2, 0.25) is 17.7 Å². The summed E-state index contributed by atoms with van der Waals surface area (Å²) in [7, 11) is 0. The summed E-state index contributed by atoms with van der Waals surface area (Å²) in [6.07, 6.45) is 3.90. The van der Waals surface area contributed by atoms with Crippen molar-refractivity contribution in [2.24, 2.45) is 16.6 Å². The van der Waals surface area contributed by atoms with Gasteiger partial charge in [0, 0.05) is 30.7 Å². The van der Waals surface area contributed by atoms with Crippen LogP contribution >= 0.6 is 0 Å². The second-order valence-electron chi connectivity index (χ2n) is 9.07. The van der Waals surface area contributed by atoms with Crippen molar-refractivity contribution in [1.29, 1.82) is 5.26 Å². The topological polar surface area (TPSA) is 145 Å². The van der Waals surface area contributed by atoms with Crippen LogP contribution in [0.4, 0.5) is 5.69 Å². The monoisotopic (exact) mass is 478 g/mol. The molecule has 0 aliphatic carbocycles. The maximum atomic E-state index is 13.4. The number of fused-ring (bicyclic) bond motifs is 1. The number of amidine groups is 1. The number of carbonyl (C=O) groups excluding carboxylic acids is 3. The van der Waals surface area contributed by atoms with E-state index in [4.69, 9.17) is 10.2 Å². The fourth-order valence-corrected chi connectivity index (χ4v) is 4.60. The lowest BCUT2D eigenvalue weighted by atomic mass is 10.1. The molecule has 3 heterocycles. The Morgan fingerprint density at radius 3 is 2.69 bits per heavy atom. The molecule has 0 bridgehead atoms. The number of amides is 3. The van der Waals surface area contributed by atoms with Gasteiger partial charge in [0.05, 0.1) is 12.6 Å². The van der Waals surface area contributed by atoms with Crippen molar-refractivity contribution < 1.29 is 18.8 Å². The van der Waals surface area contributed by atoms with Gasteiger partial charge in [0.25, 0.3) is 0 Å². The average Bonchev–Trinajstić information content (AvgIpc) is 3.45. The zero-order valence-electron chi connectivity index (χ0n) is 19.8. The molecule has 4 rings (SSSR count). The number of nitriles is 1. The highest BCUT2D eigenvalue weighted by molar-refractivity contribution is 6.12. The Morgan fingerprint density at radius 1 is 1.23 bits per heavy atom. The Morgan fingerprint density at radius 2 is 1.97 bits per heavy atom. The molecule has 2 saturated heterocycles. The molecule has 1 aromatic carbocycles. The normalized spacial score (nSPS) is 19.9. The fraction of sp³-hybridized carbons (Fsp3) is 0.480. The highest BCUT2D eigenvalue weighted by Gasteiger charge is 2.32. The summed E-state index contributed by atoms with van der Waals surface area (Å²) in [5.41, 5.74) is 6.77. The van der Waals surface area contributed by atoms with Crippen LogP contribution in [0.15, 0.2) is 33.7 Å². The predicted octanol–water partition coefficient (Wildman–Crippen LogP) is 2.18. The molecule has 10 nitrogen and oxygen atoms in total. The van der Waals surface area contributed by atoms with E-state index in [-0.39, 0.29) is 24.2 Å². The SMILES string of the molecule is Cc1cc2cc(NC(=N[C@H]3CCCCN(CC(=O)N4CCCC4)C3=O)C(C#N)C(N)=O)ccc2o1. The molecule has 184 valence electrons. The number of hydrogen-bond donors (Lipinski definition) is 2. The Kier molecular flexibility index (Phi) is 7.34. The molecule has 0 radical (unpaired) electrons. The van der Waals surface area contributed by atoms with E-state index in [1.54, 1.807) is 21.9 Å². The van der Waals surface area contributed by atoms with Gasteiger partial charge >= 0.3 is 0 Å². The molecule has 10 heteroatoms. The van der Waals surface area contributed by atoms with Crippen LogP contribution in [0.3, 0.4) is 0 Å². The van der Waals surface area contributed by atoms with Crippen LogP contribution in [0, 0.1) is 24.2 Å². The number of aliphatic imine (C=N–C) groups is 1. The van der Waals surface area contributed by atoms with Crippen LogP contribution in [0.2, 0.25) is 0 Å². The number of hydrogen-bond acceptors (Lipinski definition) is 6. The van der Waals surface area contributed by atoms with Gasteiger partial charge in [0.1, 0.15) is 23.2 Å². The molecule has 1 unspecified atom stereocenters. The molecule has 0 saturated carbocycles. The maximum absolute atomic E-state index is 13.4. The standard InChI is InChI=1S/C25H30N6O4/c1-16-12-17-13-18(7-8-21(17)35-16)28-24(19(14-26)23(27)33)29-20-6-2-3-11-31(25(20)34)15-22(32)30-9-4-5-10-30/h7-8,12-13,19-20H,2-6,9-11,15H2,1H3,(H2,27,33)(H,28,29)/t19?,20-/m0/s1. The highest BCUT2D eigenvalue weighted by Crippen LogP contribution is 2.24. The summed E-state index contributed by atoms with van der Waals surface area (Å²) < 4.78 is 5.60. The Bertz CT molecular complexity index is 1190. The Hall–Kier alpha value is -3.87. The molecule has 35 heavy (non-hydrogen) atoms. The van der Waals surface area contributed by atoms with Crippen molar-refractivity contribution in [1.82, 2.24) is 9.80 Å². The van der Waals surface area contributed by atoms with Crippen molar-refractivity contribution in [2.45, 2.75) is 45.1 Å². The summed E-state index contributed by atoms with van der Waals surface area (Å²) in [4.78, 5) is 45.9. The Labute approximate surface area is 203 Å². The van der Waals surface area contributed by atoms with Gasteiger partial charge in [-0.3, -0.25) is 19.4 Å². The van der Waals surface area contributed by atoms with Gasteiger partial charge in [-0.15, -0.1) is 0 Å². The number of furan rings is 1. The summed E-state index contributed by atoms with van der Waals surface area (Å²) in [6, 6.07) is 8.27. The van der Waals surface area contributed by atoms with Gasteiger partial charge in [0.15, 0.2) is 5.92 Å². The molecule has 0 spiro atoms. The first-order chi connectivity index (χ1) is 16.9. The smallest absolute Gasteiger partial charge is 0.247 e. The van der Waals surface area contributed by atoms with E-state index in [0.29, 0.717) is 24.2 Å². The van der Waals surface area contributed by atoms with E-state index < -0.39 is 17.9 Å². The van der Waals surface area contributed by atoms with Crippen molar-refractivity contribution in [3.05, 3.63) is 30.0 Å². The second-order valence-corrected chi connectivity index (χ2v) is 9.07.